The molecule has 2 N–H and O–H groups in total. The molecule has 12 heteroatoms. The Hall–Kier alpha value is -2.56. The first kappa shape index (κ1) is 25.1. The fourth-order valence-corrected chi connectivity index (χ4v) is 4.18. The summed E-state index contributed by atoms with van der Waals surface area (Å²) in [6.07, 6.45) is 1.31. The van der Waals surface area contributed by atoms with Crippen LogP contribution in [0.2, 0.25) is 15.1 Å². The van der Waals surface area contributed by atoms with Gasteiger partial charge < -0.3 is 14.8 Å². The Bertz CT molecular complexity index is 1250. The molecule has 33 heavy (non-hydrogen) atoms. The summed E-state index contributed by atoms with van der Waals surface area (Å²) in [6.45, 7) is 0.778. The summed E-state index contributed by atoms with van der Waals surface area (Å²) in [5, 5.41) is 3.21. The molecule has 174 valence electrons. The van der Waals surface area contributed by atoms with E-state index in [-0.39, 0.29) is 37.4 Å². The van der Waals surface area contributed by atoms with Crippen LogP contribution < -0.4 is 14.8 Å². The summed E-state index contributed by atoms with van der Waals surface area (Å²) >= 11 is 17.8. The number of benzene rings is 2. The number of halogens is 3. The van der Waals surface area contributed by atoms with E-state index in [1.54, 1.807) is 31.4 Å². The van der Waals surface area contributed by atoms with Gasteiger partial charge in [-0.3, -0.25) is 9.52 Å². The van der Waals surface area contributed by atoms with Gasteiger partial charge >= 0.3 is 0 Å². The van der Waals surface area contributed by atoms with Gasteiger partial charge in [0.15, 0.2) is 0 Å². The maximum absolute atomic E-state index is 12.8. The van der Waals surface area contributed by atoms with Crippen LogP contribution in [0.4, 0.5) is 5.69 Å². The standard InChI is InChI=1S/C21H18Cl3N3O5S/c1-31-9-8-25-20(28)13-2-4-15(5-3-13)32-21-19(10-14(22)12-26-21)27-33(29,30)16-6-7-17(23)18(24)11-16/h2-7,10-12,27H,8-9H2,1H3,(H,25,28). The molecule has 2 aromatic carbocycles. The number of methoxy groups -OCH3 is 1. The molecule has 0 spiro atoms. The van der Waals surface area contributed by atoms with Crippen molar-refractivity contribution in [3.05, 3.63) is 75.4 Å². The molecule has 0 fully saturated rings. The Morgan fingerprint density at radius 3 is 2.42 bits per heavy atom. The van der Waals surface area contributed by atoms with E-state index in [0.29, 0.717) is 24.5 Å². The topological polar surface area (TPSA) is 107 Å². The Morgan fingerprint density at radius 2 is 1.76 bits per heavy atom. The average Bonchev–Trinajstić information content (AvgIpc) is 2.77. The monoisotopic (exact) mass is 529 g/mol. The summed E-state index contributed by atoms with van der Waals surface area (Å²) in [5.74, 6) is 0.0203. The van der Waals surface area contributed by atoms with E-state index in [1.807, 2.05) is 0 Å². The van der Waals surface area contributed by atoms with Crippen molar-refractivity contribution in [3.8, 4) is 11.6 Å². The van der Waals surface area contributed by atoms with E-state index < -0.39 is 10.0 Å². The highest BCUT2D eigenvalue weighted by Gasteiger charge is 2.19. The summed E-state index contributed by atoms with van der Waals surface area (Å²) in [6, 6.07) is 11.5. The second kappa shape index (κ2) is 11.0. The highest BCUT2D eigenvalue weighted by molar-refractivity contribution is 7.92. The minimum absolute atomic E-state index is 0.00922. The van der Waals surface area contributed by atoms with Gasteiger partial charge in [0.05, 0.1) is 26.6 Å². The maximum Gasteiger partial charge on any atom is 0.262 e. The van der Waals surface area contributed by atoms with Crippen LogP contribution >= 0.6 is 34.8 Å². The number of carbonyl (C=O) groups is 1. The minimum Gasteiger partial charge on any atom is -0.437 e. The molecule has 8 nitrogen and oxygen atoms in total. The average molecular weight is 531 g/mol. The molecule has 0 aliphatic rings. The Labute approximate surface area is 205 Å². The van der Waals surface area contributed by atoms with Crippen LogP contribution in [0.3, 0.4) is 0 Å². The van der Waals surface area contributed by atoms with Crippen LogP contribution in [0.5, 0.6) is 11.6 Å². The first-order valence-corrected chi connectivity index (χ1v) is 12.0. The molecule has 1 aromatic heterocycles. The number of aromatic nitrogens is 1. The molecule has 3 rings (SSSR count). The summed E-state index contributed by atoms with van der Waals surface area (Å²) in [4.78, 5) is 16.1. The van der Waals surface area contributed by atoms with Crippen molar-refractivity contribution in [2.24, 2.45) is 0 Å². The summed E-state index contributed by atoms with van der Waals surface area (Å²) < 4.78 is 38.6. The van der Waals surface area contributed by atoms with E-state index >= 15 is 0 Å². The number of carbonyl (C=O) groups excluding carboxylic acids is 1. The summed E-state index contributed by atoms with van der Waals surface area (Å²) in [5.41, 5.74) is 0.429. The van der Waals surface area contributed by atoms with Crippen molar-refractivity contribution in [3.63, 3.8) is 0 Å². The number of hydrogen-bond donors (Lipinski definition) is 2. The molecule has 1 amide bonds. The zero-order valence-electron chi connectivity index (χ0n) is 17.1. The van der Waals surface area contributed by atoms with Crippen molar-refractivity contribution >= 4 is 56.4 Å². The zero-order valence-corrected chi connectivity index (χ0v) is 20.2. The van der Waals surface area contributed by atoms with E-state index in [9.17, 15) is 13.2 Å². The Kier molecular flexibility index (Phi) is 8.39. The van der Waals surface area contributed by atoms with Crippen molar-refractivity contribution in [2.45, 2.75) is 4.90 Å². The first-order chi connectivity index (χ1) is 15.7. The van der Waals surface area contributed by atoms with Crippen molar-refractivity contribution in [2.75, 3.05) is 25.0 Å². The molecular weight excluding hydrogens is 513 g/mol. The third-order valence-electron chi connectivity index (χ3n) is 4.19. The molecule has 0 saturated carbocycles. The molecular formula is C21H18Cl3N3O5S. The molecule has 0 saturated heterocycles. The second-order valence-corrected chi connectivity index (χ2v) is 9.50. The normalized spacial score (nSPS) is 11.2. The van der Waals surface area contributed by atoms with Crippen molar-refractivity contribution in [1.82, 2.24) is 10.3 Å². The Morgan fingerprint density at radius 1 is 1.03 bits per heavy atom. The number of ether oxygens (including phenoxy) is 2. The van der Waals surface area contributed by atoms with Crippen LogP contribution in [-0.2, 0) is 14.8 Å². The fourth-order valence-electron chi connectivity index (χ4n) is 2.58. The third kappa shape index (κ3) is 6.72. The number of amides is 1. The quantitative estimate of drug-likeness (QED) is 0.377. The fraction of sp³-hybridized carbons (Fsp3) is 0.143. The van der Waals surface area contributed by atoms with Gasteiger partial charge in [-0.15, -0.1) is 0 Å². The number of nitrogens with one attached hydrogen (secondary N) is 2. The van der Waals surface area contributed by atoms with Crippen LogP contribution in [0.15, 0.2) is 59.6 Å². The second-order valence-electron chi connectivity index (χ2n) is 6.56. The van der Waals surface area contributed by atoms with Gasteiger partial charge in [-0.25, -0.2) is 13.4 Å². The van der Waals surface area contributed by atoms with Crippen molar-refractivity contribution < 1.29 is 22.7 Å². The number of hydrogen-bond acceptors (Lipinski definition) is 6. The largest absolute Gasteiger partial charge is 0.437 e. The van der Waals surface area contributed by atoms with Gasteiger partial charge in [0, 0.05) is 25.4 Å². The van der Waals surface area contributed by atoms with Gasteiger partial charge in [0.1, 0.15) is 11.4 Å². The number of pyridine rings is 1. The minimum atomic E-state index is -4.05. The highest BCUT2D eigenvalue weighted by Crippen LogP contribution is 2.32. The Balaban J connectivity index is 1.80. The van der Waals surface area contributed by atoms with E-state index in [2.05, 4.69) is 15.0 Å². The zero-order chi connectivity index (χ0) is 24.0. The molecule has 0 aliphatic heterocycles. The molecule has 0 bridgehead atoms. The van der Waals surface area contributed by atoms with Crippen LogP contribution in [0, 0.1) is 0 Å². The lowest BCUT2D eigenvalue weighted by Crippen LogP contribution is -2.26. The number of nitrogens with zero attached hydrogens (tertiary/aromatic N) is 1. The van der Waals surface area contributed by atoms with Gasteiger partial charge in [-0.2, -0.15) is 0 Å². The van der Waals surface area contributed by atoms with E-state index in [1.165, 1.54) is 30.5 Å². The predicted molar refractivity (Wildman–Crippen MR) is 127 cm³/mol. The van der Waals surface area contributed by atoms with Crippen LogP contribution in [-0.4, -0.2) is 39.6 Å². The lowest BCUT2D eigenvalue weighted by atomic mass is 10.2. The molecule has 0 radical (unpaired) electrons. The van der Waals surface area contributed by atoms with E-state index in [0.717, 1.165) is 0 Å². The first-order valence-electron chi connectivity index (χ1n) is 9.38. The lowest BCUT2D eigenvalue weighted by molar-refractivity contribution is 0.0937. The van der Waals surface area contributed by atoms with Crippen molar-refractivity contribution in [1.29, 1.82) is 0 Å². The number of rotatable bonds is 9. The molecule has 0 unspecified atom stereocenters. The highest BCUT2D eigenvalue weighted by atomic mass is 35.5. The van der Waals surface area contributed by atoms with Gasteiger partial charge in [0.25, 0.3) is 15.9 Å². The molecule has 3 aromatic rings. The molecule has 0 aliphatic carbocycles. The van der Waals surface area contributed by atoms with Gasteiger partial charge in [-0.1, -0.05) is 34.8 Å². The maximum atomic E-state index is 12.8. The molecule has 0 atom stereocenters. The predicted octanol–water partition coefficient (Wildman–Crippen LogP) is 5.01. The smallest absolute Gasteiger partial charge is 0.262 e. The SMILES string of the molecule is COCCNC(=O)c1ccc(Oc2ncc(Cl)cc2NS(=O)(=O)c2ccc(Cl)c(Cl)c2)cc1. The van der Waals surface area contributed by atoms with Crippen LogP contribution in [0.1, 0.15) is 10.4 Å². The number of anilines is 1. The van der Waals surface area contributed by atoms with Gasteiger partial charge in [0.2, 0.25) is 5.88 Å². The lowest BCUT2D eigenvalue weighted by Gasteiger charge is -2.13. The molecule has 1 heterocycles. The van der Waals surface area contributed by atoms with E-state index in [4.69, 9.17) is 44.3 Å². The van der Waals surface area contributed by atoms with Crippen LogP contribution in [0.25, 0.3) is 0 Å². The third-order valence-corrected chi connectivity index (χ3v) is 6.50. The number of sulfonamides is 1. The summed E-state index contributed by atoms with van der Waals surface area (Å²) in [7, 11) is -2.50. The van der Waals surface area contributed by atoms with Gasteiger partial charge in [-0.05, 0) is 48.5 Å².